The minimum atomic E-state index is 0. The Balaban J connectivity index is 0.00000220. The van der Waals surface area contributed by atoms with Crippen LogP contribution in [0.1, 0.15) is 51.9 Å². The van der Waals surface area contributed by atoms with Crippen LogP contribution in [-0.2, 0) is 10.9 Å². The first-order valence-corrected chi connectivity index (χ1v) is 9.46. The summed E-state index contributed by atoms with van der Waals surface area (Å²) >= 11 is 0. The average molecular weight is 331 g/mol. The topological polar surface area (TPSA) is 40.5 Å². The third-order valence-corrected chi connectivity index (χ3v) is 6.67. The number of halogens is 1. The van der Waals surface area contributed by atoms with Crippen LogP contribution in [0, 0.1) is 5.92 Å². The van der Waals surface area contributed by atoms with Gasteiger partial charge in [-0.05, 0) is 30.9 Å². The molecule has 1 heterocycles. The van der Waals surface area contributed by atoms with Gasteiger partial charge in [-0.2, -0.15) is 0 Å². The van der Waals surface area contributed by atoms with E-state index in [0.29, 0.717) is 5.75 Å². The Morgan fingerprint density at radius 3 is 2.48 bits per heavy atom. The maximum Gasteiger partial charge on any atom is 0.200 e. The lowest BCUT2D eigenvalue weighted by Gasteiger charge is -2.22. The normalized spacial score (nSPS) is 21.8. The van der Waals surface area contributed by atoms with E-state index in [1.54, 1.807) is 18.2 Å². The molecular weight excluding hydrogens is 304 g/mol. The summed E-state index contributed by atoms with van der Waals surface area (Å²) in [5.41, 5.74) is 0. The van der Waals surface area contributed by atoms with Crippen LogP contribution in [0.5, 0.6) is 11.5 Å². The molecule has 1 aliphatic rings. The summed E-state index contributed by atoms with van der Waals surface area (Å²) < 4.78 is 0. The van der Waals surface area contributed by atoms with Gasteiger partial charge in [0.2, 0.25) is 0 Å². The van der Waals surface area contributed by atoms with Crippen molar-refractivity contribution < 1.29 is 22.6 Å². The lowest BCUT2D eigenvalue weighted by atomic mass is 9.95. The predicted molar refractivity (Wildman–Crippen MR) is 86.6 cm³/mol. The first-order valence-electron chi connectivity index (χ1n) is 7.90. The number of phenols is 2. The minimum absolute atomic E-state index is 0. The largest absolute Gasteiger partial charge is 1.00 e. The van der Waals surface area contributed by atoms with E-state index in [0.717, 1.165) is 10.8 Å². The Kier molecular flexibility index (Phi) is 8.35. The molecule has 1 aromatic carbocycles. The molecule has 0 radical (unpaired) electrons. The third kappa shape index (κ3) is 5.63. The molecule has 0 unspecified atom stereocenters. The Morgan fingerprint density at radius 2 is 1.81 bits per heavy atom. The molecule has 1 aliphatic heterocycles. The van der Waals surface area contributed by atoms with Gasteiger partial charge in [0, 0.05) is 17.0 Å². The van der Waals surface area contributed by atoms with Crippen LogP contribution < -0.4 is 12.4 Å². The number of hydrogen-bond donors (Lipinski definition) is 2. The van der Waals surface area contributed by atoms with Crippen LogP contribution >= 0.6 is 0 Å². The fraction of sp³-hybridized carbons (Fsp3) is 0.647. The van der Waals surface area contributed by atoms with E-state index in [-0.39, 0.29) is 29.1 Å². The molecule has 120 valence electrons. The fourth-order valence-corrected chi connectivity index (χ4v) is 5.50. The summed E-state index contributed by atoms with van der Waals surface area (Å²) in [5.74, 6) is 3.86. The van der Waals surface area contributed by atoms with Gasteiger partial charge in [-0.25, -0.2) is 0 Å². The van der Waals surface area contributed by atoms with Gasteiger partial charge in [-0.1, -0.05) is 39.0 Å². The van der Waals surface area contributed by atoms with Crippen molar-refractivity contribution >= 4 is 10.9 Å². The van der Waals surface area contributed by atoms with Crippen molar-refractivity contribution in [3.05, 3.63) is 18.2 Å². The molecule has 2 N–H and O–H groups in total. The average Bonchev–Trinajstić information content (AvgIpc) is 2.47. The predicted octanol–water partition coefficient (Wildman–Crippen LogP) is 1.46. The molecule has 0 amide bonds. The second kappa shape index (κ2) is 9.47. The summed E-state index contributed by atoms with van der Waals surface area (Å²) in [6.07, 6.45) is 9.38. The maximum atomic E-state index is 9.95. The summed E-state index contributed by atoms with van der Waals surface area (Å²) in [4.78, 5) is 0.967. The molecule has 1 aromatic rings. The van der Waals surface area contributed by atoms with Crippen molar-refractivity contribution in [2.75, 3.05) is 11.5 Å². The van der Waals surface area contributed by atoms with E-state index in [4.69, 9.17) is 0 Å². The Morgan fingerprint density at radius 1 is 1.10 bits per heavy atom. The molecule has 1 fully saturated rings. The van der Waals surface area contributed by atoms with E-state index < -0.39 is 0 Å². The van der Waals surface area contributed by atoms with Gasteiger partial charge in [0.15, 0.2) is 10.6 Å². The first-order chi connectivity index (χ1) is 9.70. The van der Waals surface area contributed by atoms with Crippen LogP contribution in [0.2, 0.25) is 0 Å². The van der Waals surface area contributed by atoms with Crippen LogP contribution in [0.3, 0.4) is 0 Å². The summed E-state index contributed by atoms with van der Waals surface area (Å²) in [6.45, 7) is 2.26. The Hall–Kier alpha value is -0.540. The molecule has 2 rings (SSSR count). The van der Waals surface area contributed by atoms with Crippen LogP contribution in [-0.4, -0.2) is 21.7 Å². The van der Waals surface area contributed by atoms with Crippen molar-refractivity contribution in [2.24, 2.45) is 5.92 Å². The molecule has 2 nitrogen and oxygen atoms in total. The van der Waals surface area contributed by atoms with Gasteiger partial charge in [0.25, 0.3) is 0 Å². The Labute approximate surface area is 137 Å². The van der Waals surface area contributed by atoms with Gasteiger partial charge in [-0.3, -0.25) is 0 Å². The summed E-state index contributed by atoms with van der Waals surface area (Å²) in [5, 5.41) is 19.5. The molecule has 0 saturated carbocycles. The number of benzene rings is 1. The zero-order chi connectivity index (χ0) is 14.4. The quantitative estimate of drug-likeness (QED) is 0.471. The molecule has 0 atom stereocenters. The highest BCUT2D eigenvalue weighted by atomic mass is 35.5. The molecule has 0 spiro atoms. The molecule has 21 heavy (non-hydrogen) atoms. The van der Waals surface area contributed by atoms with Crippen molar-refractivity contribution in [2.45, 2.75) is 56.8 Å². The SMILES string of the molecule is CCCCCCC1CC[S+](c2cc(O)ccc2O)CC1.[Cl-]. The van der Waals surface area contributed by atoms with Gasteiger partial charge in [-0.15, -0.1) is 0 Å². The zero-order valence-electron chi connectivity index (χ0n) is 12.9. The first kappa shape index (κ1) is 18.5. The number of hydrogen-bond acceptors (Lipinski definition) is 2. The number of aromatic hydroxyl groups is 2. The highest BCUT2D eigenvalue weighted by Gasteiger charge is 2.32. The monoisotopic (exact) mass is 330 g/mol. The molecule has 0 aromatic heterocycles. The van der Waals surface area contributed by atoms with E-state index in [2.05, 4.69) is 6.92 Å². The minimum Gasteiger partial charge on any atom is -1.00 e. The van der Waals surface area contributed by atoms with Gasteiger partial charge >= 0.3 is 0 Å². The number of phenolic OH excluding ortho intramolecular Hbond substituents is 2. The molecule has 4 heteroatoms. The lowest BCUT2D eigenvalue weighted by molar-refractivity contribution is -0.00000634. The zero-order valence-corrected chi connectivity index (χ0v) is 14.4. The van der Waals surface area contributed by atoms with E-state index >= 15 is 0 Å². The van der Waals surface area contributed by atoms with E-state index in [1.165, 1.54) is 56.5 Å². The van der Waals surface area contributed by atoms with Crippen LogP contribution in [0.15, 0.2) is 23.1 Å². The van der Waals surface area contributed by atoms with Crippen molar-refractivity contribution in [3.8, 4) is 11.5 Å². The van der Waals surface area contributed by atoms with Crippen LogP contribution in [0.25, 0.3) is 0 Å². The second-order valence-corrected chi connectivity index (χ2v) is 8.09. The van der Waals surface area contributed by atoms with Crippen molar-refractivity contribution in [1.29, 1.82) is 0 Å². The molecule has 0 bridgehead atoms. The summed E-state index contributed by atoms with van der Waals surface area (Å²) in [7, 11) is 0.130. The number of rotatable bonds is 6. The van der Waals surface area contributed by atoms with Crippen molar-refractivity contribution in [3.63, 3.8) is 0 Å². The highest BCUT2D eigenvalue weighted by molar-refractivity contribution is 7.97. The van der Waals surface area contributed by atoms with Crippen molar-refractivity contribution in [1.82, 2.24) is 0 Å². The Bertz CT molecular complexity index is 417. The third-order valence-electron chi connectivity index (χ3n) is 4.27. The molecule has 0 aliphatic carbocycles. The smallest absolute Gasteiger partial charge is 0.200 e. The van der Waals surface area contributed by atoms with Gasteiger partial charge in [0.1, 0.15) is 17.3 Å². The van der Waals surface area contributed by atoms with Gasteiger partial charge in [0.05, 0.1) is 0 Å². The fourth-order valence-electron chi connectivity index (χ4n) is 2.97. The number of unbranched alkanes of at least 4 members (excludes halogenated alkanes) is 3. The molecule has 1 saturated heterocycles. The highest BCUT2D eigenvalue weighted by Crippen LogP contribution is 2.34. The maximum absolute atomic E-state index is 9.95. The molecular formula is C17H27ClO2S. The van der Waals surface area contributed by atoms with E-state index in [1.807, 2.05) is 0 Å². The lowest BCUT2D eigenvalue weighted by Crippen LogP contribution is -3.00. The van der Waals surface area contributed by atoms with E-state index in [9.17, 15) is 10.2 Å². The van der Waals surface area contributed by atoms with Crippen LogP contribution in [0.4, 0.5) is 0 Å². The second-order valence-electron chi connectivity index (χ2n) is 5.85. The van der Waals surface area contributed by atoms with Gasteiger partial charge < -0.3 is 22.6 Å². The standard InChI is InChI=1S/C17H26O2S.ClH/c1-2-3-4-5-6-14-9-11-20(12-10-14)17-13-15(18)7-8-16(17)19;/h7-8,13-14H,2-6,9-12H2,1H3,(H-,18,19);1H. The summed E-state index contributed by atoms with van der Waals surface area (Å²) in [6, 6.07) is 4.93.